The van der Waals surface area contributed by atoms with Crippen LogP contribution in [-0.2, 0) is 11.3 Å². The van der Waals surface area contributed by atoms with Crippen LogP contribution >= 0.6 is 11.6 Å². The van der Waals surface area contributed by atoms with Crippen molar-refractivity contribution in [3.63, 3.8) is 0 Å². The molecule has 0 spiro atoms. The predicted molar refractivity (Wildman–Crippen MR) is 144 cm³/mol. The van der Waals surface area contributed by atoms with Gasteiger partial charge in [0.25, 0.3) is 5.91 Å². The number of ether oxygens (including phenoxy) is 1. The first kappa shape index (κ1) is 27.6. The number of nitrogens with one attached hydrogen (secondary N) is 1. The van der Waals surface area contributed by atoms with Gasteiger partial charge in [0.05, 0.1) is 52.3 Å². The number of alkyl halides is 2. The molecule has 1 N–H and O–H groups in total. The maximum absolute atomic E-state index is 14.9. The summed E-state index contributed by atoms with van der Waals surface area (Å²) in [7, 11) is 0. The summed E-state index contributed by atoms with van der Waals surface area (Å²) < 4.78 is 46.7. The standard InChI is InChI=1S/C27H22ClF3N8O3/c1-12-5-15(36-37-24(12)39-9-14-6-17(14)26(39)41)10-38-11-16(7-33-38)34-25(40)23-13(2)32-8-19(35-23)21-20(42-27(30)31)4-3-18(28)22(21)29/h3-5,7-8,11,14,17,27H,6,9-10H2,1-2H3,(H,34,40)/t14-,17-/m1/s1. The Hall–Kier alpha value is -4.59. The Morgan fingerprint density at radius 1 is 1.24 bits per heavy atom. The number of nitrogens with zero attached hydrogens (tertiary/aromatic N) is 7. The fourth-order valence-corrected chi connectivity index (χ4v) is 5.12. The quantitative estimate of drug-likeness (QED) is 0.316. The van der Waals surface area contributed by atoms with Crippen LogP contribution in [0.1, 0.15) is 33.9 Å². The van der Waals surface area contributed by atoms with Crippen LogP contribution in [0.3, 0.4) is 0 Å². The summed E-state index contributed by atoms with van der Waals surface area (Å²) >= 11 is 5.85. The number of fused-ring (bicyclic) bond motifs is 1. The monoisotopic (exact) mass is 598 g/mol. The number of anilines is 2. The van der Waals surface area contributed by atoms with Gasteiger partial charge in [-0.1, -0.05) is 11.6 Å². The Balaban J connectivity index is 1.17. The van der Waals surface area contributed by atoms with Crippen molar-refractivity contribution in [1.29, 1.82) is 0 Å². The number of aromatic nitrogens is 6. The van der Waals surface area contributed by atoms with Crippen molar-refractivity contribution in [3.05, 3.63) is 70.3 Å². The highest BCUT2D eigenvalue weighted by Crippen LogP contribution is 2.47. The van der Waals surface area contributed by atoms with Crippen LogP contribution in [0.2, 0.25) is 5.02 Å². The lowest BCUT2D eigenvalue weighted by Crippen LogP contribution is -2.30. The number of halogens is 4. The third kappa shape index (κ3) is 5.24. The minimum Gasteiger partial charge on any atom is -0.434 e. The summed E-state index contributed by atoms with van der Waals surface area (Å²) in [5, 5.41) is 15.1. The first-order chi connectivity index (χ1) is 20.1. The van der Waals surface area contributed by atoms with Gasteiger partial charge in [-0.25, -0.2) is 9.37 Å². The van der Waals surface area contributed by atoms with Crippen molar-refractivity contribution in [1.82, 2.24) is 29.9 Å². The van der Waals surface area contributed by atoms with Gasteiger partial charge >= 0.3 is 6.61 Å². The minimum absolute atomic E-state index is 0.0997. The van der Waals surface area contributed by atoms with Gasteiger partial charge in [-0.05, 0) is 49.9 Å². The lowest BCUT2D eigenvalue weighted by molar-refractivity contribution is -0.118. The maximum atomic E-state index is 14.9. The topological polar surface area (TPSA) is 128 Å². The summed E-state index contributed by atoms with van der Waals surface area (Å²) in [6.07, 6.45) is 5.07. The minimum atomic E-state index is -3.23. The molecule has 0 bridgehead atoms. The number of piperidine rings is 1. The highest BCUT2D eigenvalue weighted by Gasteiger charge is 2.53. The molecule has 1 aromatic carbocycles. The molecule has 42 heavy (non-hydrogen) atoms. The molecule has 2 atom stereocenters. The summed E-state index contributed by atoms with van der Waals surface area (Å²) in [6, 6.07) is 3.99. The third-order valence-corrected chi connectivity index (χ3v) is 7.39. The molecule has 0 unspecified atom stereocenters. The van der Waals surface area contributed by atoms with Crippen molar-refractivity contribution in [2.75, 3.05) is 16.8 Å². The molecule has 15 heteroatoms. The molecule has 2 aliphatic rings. The zero-order valence-corrected chi connectivity index (χ0v) is 22.9. The molecule has 1 aliphatic heterocycles. The van der Waals surface area contributed by atoms with Crippen molar-refractivity contribution in [2.24, 2.45) is 11.8 Å². The molecule has 3 aromatic heterocycles. The van der Waals surface area contributed by atoms with Gasteiger partial charge in [0.1, 0.15) is 11.4 Å². The molecule has 6 rings (SSSR count). The fourth-order valence-electron chi connectivity index (χ4n) is 4.97. The largest absolute Gasteiger partial charge is 0.434 e. The SMILES string of the molecule is Cc1cc(Cn2cc(NC(=O)c3nc(-c4c(OC(F)F)ccc(Cl)c4F)cnc3C)cn2)nnc1N1C[C@H]2C[C@H]2C1=O. The zero-order chi connectivity index (χ0) is 29.7. The van der Waals surface area contributed by atoms with E-state index >= 15 is 0 Å². The second kappa shape index (κ2) is 10.7. The lowest BCUT2D eigenvalue weighted by atomic mass is 10.1. The number of aryl methyl sites for hydroxylation is 2. The second-order valence-electron chi connectivity index (χ2n) is 10.1. The van der Waals surface area contributed by atoms with Crippen molar-refractivity contribution >= 4 is 34.9 Å². The van der Waals surface area contributed by atoms with E-state index in [9.17, 15) is 22.8 Å². The van der Waals surface area contributed by atoms with Crippen LogP contribution in [0.25, 0.3) is 11.3 Å². The lowest BCUT2D eigenvalue weighted by Gasteiger charge is -2.18. The molecule has 11 nitrogen and oxygen atoms in total. The number of rotatable bonds is 8. The van der Waals surface area contributed by atoms with Gasteiger partial charge in [-0.3, -0.25) is 24.2 Å². The Morgan fingerprint density at radius 3 is 2.76 bits per heavy atom. The van der Waals surface area contributed by atoms with E-state index in [2.05, 4.69) is 35.3 Å². The van der Waals surface area contributed by atoms with Gasteiger partial charge in [0.2, 0.25) is 5.91 Å². The molecule has 2 fully saturated rings. The summed E-state index contributed by atoms with van der Waals surface area (Å²) in [6.45, 7) is 1.08. The van der Waals surface area contributed by atoms with E-state index in [0.29, 0.717) is 29.7 Å². The smallest absolute Gasteiger partial charge is 0.387 e. The first-order valence-corrected chi connectivity index (χ1v) is 13.2. The molecule has 4 aromatic rings. The van der Waals surface area contributed by atoms with E-state index in [4.69, 9.17) is 11.6 Å². The highest BCUT2D eigenvalue weighted by atomic mass is 35.5. The Morgan fingerprint density at radius 2 is 2.05 bits per heavy atom. The molecular weight excluding hydrogens is 577 g/mol. The summed E-state index contributed by atoms with van der Waals surface area (Å²) in [5.74, 6) is -1.03. The van der Waals surface area contributed by atoms with Crippen LogP contribution in [0.4, 0.5) is 24.7 Å². The Bertz CT molecular complexity index is 1730. The van der Waals surface area contributed by atoms with E-state index in [1.807, 2.05) is 13.0 Å². The van der Waals surface area contributed by atoms with Gasteiger partial charge in [0, 0.05) is 18.7 Å². The van der Waals surface area contributed by atoms with E-state index in [1.165, 1.54) is 13.1 Å². The van der Waals surface area contributed by atoms with Crippen molar-refractivity contribution in [3.8, 4) is 17.0 Å². The van der Waals surface area contributed by atoms with Gasteiger partial charge in [0.15, 0.2) is 11.6 Å². The summed E-state index contributed by atoms with van der Waals surface area (Å²) in [5.41, 5.74) is 1.12. The Labute approximate surface area is 241 Å². The van der Waals surface area contributed by atoms with Crippen LogP contribution in [-0.4, -0.2) is 54.9 Å². The highest BCUT2D eigenvalue weighted by molar-refractivity contribution is 6.31. The van der Waals surface area contributed by atoms with Crippen LogP contribution in [0, 0.1) is 31.5 Å². The maximum Gasteiger partial charge on any atom is 0.387 e. The van der Waals surface area contributed by atoms with Gasteiger partial charge in [-0.2, -0.15) is 19.0 Å². The summed E-state index contributed by atoms with van der Waals surface area (Å²) in [4.78, 5) is 35.5. The molecule has 216 valence electrons. The molecule has 4 heterocycles. The average Bonchev–Trinajstić information content (AvgIpc) is 3.47. The molecule has 1 saturated carbocycles. The van der Waals surface area contributed by atoms with Gasteiger partial charge < -0.3 is 10.1 Å². The number of benzene rings is 1. The third-order valence-electron chi connectivity index (χ3n) is 7.10. The number of carbonyl (C=O) groups excluding carboxylic acids is 2. The van der Waals surface area contributed by atoms with Gasteiger partial charge in [-0.15, -0.1) is 5.10 Å². The van der Waals surface area contributed by atoms with Crippen molar-refractivity contribution in [2.45, 2.75) is 33.4 Å². The second-order valence-corrected chi connectivity index (χ2v) is 10.5. The zero-order valence-electron chi connectivity index (χ0n) is 22.2. The number of amides is 2. The average molecular weight is 599 g/mol. The fraction of sp³-hybridized carbons (Fsp3) is 0.296. The first-order valence-electron chi connectivity index (χ1n) is 12.8. The van der Waals surface area contributed by atoms with Crippen LogP contribution < -0.4 is 15.0 Å². The van der Waals surface area contributed by atoms with Crippen LogP contribution in [0.5, 0.6) is 5.75 Å². The van der Waals surface area contributed by atoms with E-state index in [-0.39, 0.29) is 40.5 Å². The molecule has 1 saturated heterocycles. The van der Waals surface area contributed by atoms with Crippen LogP contribution in [0.15, 0.2) is 36.8 Å². The van der Waals surface area contributed by atoms with E-state index in [0.717, 1.165) is 30.3 Å². The van der Waals surface area contributed by atoms with E-state index in [1.54, 1.807) is 15.8 Å². The normalized spacial score (nSPS) is 17.5. The number of hydrogen-bond acceptors (Lipinski definition) is 8. The Kier molecular flexibility index (Phi) is 7.01. The number of hydrogen-bond donors (Lipinski definition) is 1. The number of carbonyl (C=O) groups is 2. The predicted octanol–water partition coefficient (Wildman–Crippen LogP) is 4.42. The molecule has 1 aliphatic carbocycles. The van der Waals surface area contributed by atoms with E-state index < -0.39 is 29.6 Å². The molecular formula is C27H22ClF3N8O3. The molecule has 0 radical (unpaired) electrons. The molecule has 2 amide bonds. The van der Waals surface area contributed by atoms with Crippen molar-refractivity contribution < 1.29 is 27.5 Å².